The van der Waals surface area contributed by atoms with Gasteiger partial charge in [-0.25, -0.2) is 0 Å². The molecule has 3 nitrogen and oxygen atoms in total. The van der Waals surface area contributed by atoms with Gasteiger partial charge in [-0.15, -0.1) is 0 Å². The van der Waals surface area contributed by atoms with Gasteiger partial charge in [-0.05, 0) is 25.6 Å². The first-order valence-electron chi connectivity index (χ1n) is 6.24. The monoisotopic (exact) mass is 235 g/mol. The average molecular weight is 235 g/mol. The Morgan fingerprint density at radius 3 is 2.59 bits per heavy atom. The van der Waals surface area contributed by atoms with Crippen LogP contribution in [0.15, 0.2) is 24.3 Å². The highest BCUT2D eigenvalue weighted by Crippen LogP contribution is 2.28. The molecule has 2 rings (SSSR count). The summed E-state index contributed by atoms with van der Waals surface area (Å²) < 4.78 is 11.4. The number of rotatable bonds is 5. The van der Waals surface area contributed by atoms with Crippen LogP contribution >= 0.6 is 0 Å². The lowest BCUT2D eigenvalue weighted by Crippen LogP contribution is -2.60. The first-order chi connectivity index (χ1) is 8.24. The highest BCUT2D eigenvalue weighted by molar-refractivity contribution is 5.27. The molecule has 94 valence electrons. The molecule has 3 heteroatoms. The predicted octanol–water partition coefficient (Wildman–Crippen LogP) is 2.14. The lowest BCUT2D eigenvalue weighted by Gasteiger charge is -2.43. The molecule has 0 radical (unpaired) electrons. The van der Waals surface area contributed by atoms with E-state index in [-0.39, 0.29) is 12.2 Å². The topological polar surface area (TPSA) is 30.5 Å². The van der Waals surface area contributed by atoms with Crippen LogP contribution in [0.5, 0.6) is 5.75 Å². The largest absolute Gasteiger partial charge is 0.488 e. The molecular weight excluding hydrogens is 214 g/mol. The average Bonchev–Trinajstić information content (AvgIpc) is 2.30. The molecule has 1 aromatic rings. The van der Waals surface area contributed by atoms with E-state index in [2.05, 4.69) is 31.3 Å². The lowest BCUT2D eigenvalue weighted by molar-refractivity contribution is -0.0884. The Morgan fingerprint density at radius 2 is 2.00 bits per heavy atom. The van der Waals surface area contributed by atoms with Crippen molar-refractivity contribution in [3.05, 3.63) is 29.8 Å². The van der Waals surface area contributed by atoms with Crippen LogP contribution < -0.4 is 10.1 Å². The van der Waals surface area contributed by atoms with Crippen LogP contribution in [0.2, 0.25) is 0 Å². The summed E-state index contributed by atoms with van der Waals surface area (Å²) in [7, 11) is 1.75. The van der Waals surface area contributed by atoms with E-state index in [0.29, 0.717) is 6.04 Å². The van der Waals surface area contributed by atoms with Gasteiger partial charge in [-0.3, -0.25) is 0 Å². The molecule has 1 fully saturated rings. The van der Waals surface area contributed by atoms with Gasteiger partial charge in [0.1, 0.15) is 18.0 Å². The van der Waals surface area contributed by atoms with Crippen molar-refractivity contribution in [1.82, 2.24) is 5.32 Å². The zero-order valence-corrected chi connectivity index (χ0v) is 10.8. The number of benzene rings is 1. The van der Waals surface area contributed by atoms with E-state index < -0.39 is 0 Å². The third-order valence-corrected chi connectivity index (χ3v) is 3.30. The Bertz CT molecular complexity index is 350. The van der Waals surface area contributed by atoms with Gasteiger partial charge in [0, 0.05) is 19.6 Å². The SMILES string of the molecule is CCNC1CC(Oc2ccc(C)cc2)C1OC. The molecule has 0 bridgehead atoms. The fourth-order valence-electron chi connectivity index (χ4n) is 2.27. The number of ether oxygens (including phenoxy) is 2. The van der Waals surface area contributed by atoms with E-state index in [0.717, 1.165) is 18.7 Å². The van der Waals surface area contributed by atoms with E-state index >= 15 is 0 Å². The van der Waals surface area contributed by atoms with Crippen LogP contribution in [0.1, 0.15) is 18.9 Å². The molecule has 0 spiro atoms. The molecule has 3 atom stereocenters. The number of nitrogens with one attached hydrogen (secondary N) is 1. The Kier molecular flexibility index (Phi) is 4.02. The van der Waals surface area contributed by atoms with Crippen molar-refractivity contribution in [2.45, 2.75) is 38.5 Å². The Morgan fingerprint density at radius 1 is 1.29 bits per heavy atom. The second-order valence-electron chi connectivity index (χ2n) is 4.57. The third kappa shape index (κ3) is 2.79. The zero-order chi connectivity index (χ0) is 12.3. The van der Waals surface area contributed by atoms with Crippen LogP contribution in [-0.2, 0) is 4.74 Å². The Labute approximate surface area is 103 Å². The highest BCUT2D eigenvalue weighted by Gasteiger charge is 2.42. The van der Waals surface area contributed by atoms with E-state index in [4.69, 9.17) is 9.47 Å². The second-order valence-corrected chi connectivity index (χ2v) is 4.57. The molecule has 1 aliphatic carbocycles. The van der Waals surface area contributed by atoms with Gasteiger partial charge in [0.2, 0.25) is 0 Å². The maximum absolute atomic E-state index is 5.92. The summed E-state index contributed by atoms with van der Waals surface area (Å²) in [5, 5.41) is 3.40. The summed E-state index contributed by atoms with van der Waals surface area (Å²) >= 11 is 0. The van der Waals surface area contributed by atoms with E-state index in [1.54, 1.807) is 7.11 Å². The van der Waals surface area contributed by atoms with E-state index in [1.807, 2.05) is 12.1 Å². The van der Waals surface area contributed by atoms with Gasteiger partial charge in [0.15, 0.2) is 0 Å². The summed E-state index contributed by atoms with van der Waals surface area (Å²) in [4.78, 5) is 0. The molecule has 0 aromatic heterocycles. The third-order valence-electron chi connectivity index (χ3n) is 3.30. The van der Waals surface area contributed by atoms with Gasteiger partial charge in [-0.2, -0.15) is 0 Å². The molecule has 0 amide bonds. The lowest BCUT2D eigenvalue weighted by atomic mass is 9.85. The van der Waals surface area contributed by atoms with Crippen molar-refractivity contribution in [2.75, 3.05) is 13.7 Å². The number of hydrogen-bond donors (Lipinski definition) is 1. The maximum Gasteiger partial charge on any atom is 0.128 e. The molecule has 1 saturated carbocycles. The van der Waals surface area contributed by atoms with Gasteiger partial charge in [0.25, 0.3) is 0 Å². The highest BCUT2D eigenvalue weighted by atomic mass is 16.5. The fraction of sp³-hybridized carbons (Fsp3) is 0.571. The van der Waals surface area contributed by atoms with Crippen LogP contribution in [0.25, 0.3) is 0 Å². The fourth-order valence-corrected chi connectivity index (χ4v) is 2.27. The molecule has 1 aliphatic rings. The van der Waals surface area contributed by atoms with Gasteiger partial charge in [0.05, 0.1) is 0 Å². The first-order valence-corrected chi connectivity index (χ1v) is 6.24. The summed E-state index contributed by atoms with van der Waals surface area (Å²) in [6, 6.07) is 8.60. The standard InChI is InChI=1S/C14H21NO2/c1-4-15-12-9-13(14(12)16-3)17-11-7-5-10(2)6-8-11/h5-8,12-15H,4,9H2,1-3H3. The predicted molar refractivity (Wildman–Crippen MR) is 68.5 cm³/mol. The molecule has 1 aromatic carbocycles. The number of likely N-dealkylation sites (N-methyl/N-ethyl adjacent to an activating group) is 1. The molecule has 0 saturated heterocycles. The molecular formula is C14H21NO2. The number of hydrogen-bond acceptors (Lipinski definition) is 3. The van der Waals surface area contributed by atoms with Gasteiger partial charge >= 0.3 is 0 Å². The molecule has 3 unspecified atom stereocenters. The first kappa shape index (κ1) is 12.4. The minimum absolute atomic E-state index is 0.163. The number of methoxy groups -OCH3 is 1. The minimum atomic E-state index is 0.163. The van der Waals surface area contributed by atoms with Crippen molar-refractivity contribution in [3.8, 4) is 5.75 Å². The van der Waals surface area contributed by atoms with Crippen molar-refractivity contribution in [3.63, 3.8) is 0 Å². The minimum Gasteiger partial charge on any atom is -0.488 e. The zero-order valence-electron chi connectivity index (χ0n) is 10.8. The smallest absolute Gasteiger partial charge is 0.128 e. The van der Waals surface area contributed by atoms with E-state index in [1.165, 1.54) is 5.56 Å². The maximum atomic E-state index is 5.92. The molecule has 0 aliphatic heterocycles. The van der Waals surface area contributed by atoms with Crippen LogP contribution in [-0.4, -0.2) is 31.9 Å². The van der Waals surface area contributed by atoms with Crippen LogP contribution in [0.4, 0.5) is 0 Å². The van der Waals surface area contributed by atoms with Gasteiger partial charge < -0.3 is 14.8 Å². The van der Waals surface area contributed by atoms with Crippen molar-refractivity contribution < 1.29 is 9.47 Å². The Balaban J connectivity index is 1.90. The van der Waals surface area contributed by atoms with Crippen molar-refractivity contribution in [1.29, 1.82) is 0 Å². The summed E-state index contributed by atoms with van der Waals surface area (Å²) in [5.41, 5.74) is 1.25. The van der Waals surface area contributed by atoms with Gasteiger partial charge in [-0.1, -0.05) is 24.6 Å². The van der Waals surface area contributed by atoms with E-state index in [9.17, 15) is 0 Å². The van der Waals surface area contributed by atoms with Crippen LogP contribution in [0.3, 0.4) is 0 Å². The second kappa shape index (κ2) is 5.52. The molecule has 0 heterocycles. The molecule has 1 N–H and O–H groups in total. The van der Waals surface area contributed by atoms with Crippen molar-refractivity contribution in [2.24, 2.45) is 0 Å². The summed E-state index contributed by atoms with van der Waals surface area (Å²) in [5.74, 6) is 0.928. The normalized spacial score (nSPS) is 27.6. The van der Waals surface area contributed by atoms with Crippen molar-refractivity contribution >= 4 is 0 Å². The summed E-state index contributed by atoms with van der Waals surface area (Å²) in [6.07, 6.45) is 1.35. The Hall–Kier alpha value is -1.06. The quantitative estimate of drug-likeness (QED) is 0.848. The summed E-state index contributed by atoms with van der Waals surface area (Å²) in [6.45, 7) is 5.16. The molecule has 17 heavy (non-hydrogen) atoms. The number of aryl methyl sites for hydroxylation is 1. The van der Waals surface area contributed by atoms with Crippen LogP contribution in [0, 0.1) is 6.92 Å².